The van der Waals surface area contributed by atoms with Gasteiger partial charge in [0.2, 0.25) is 0 Å². The molecule has 4 heteroatoms. The third kappa shape index (κ3) is 3.61. The number of aromatic amines is 1. The summed E-state index contributed by atoms with van der Waals surface area (Å²) in [6.45, 7) is 4.44. The van der Waals surface area contributed by atoms with Crippen LogP contribution in [0.4, 0.5) is 0 Å². The van der Waals surface area contributed by atoms with Crippen LogP contribution in [0, 0.1) is 0 Å². The van der Waals surface area contributed by atoms with Gasteiger partial charge in [-0.2, -0.15) is 0 Å². The molecule has 0 radical (unpaired) electrons. The molecule has 28 heavy (non-hydrogen) atoms. The van der Waals surface area contributed by atoms with E-state index in [2.05, 4.69) is 77.8 Å². The molecule has 1 unspecified atom stereocenters. The third-order valence-electron chi connectivity index (χ3n) is 5.54. The number of quaternary nitrogens is 1. The van der Waals surface area contributed by atoms with Crippen LogP contribution < -0.4 is 9.64 Å². The Morgan fingerprint density at radius 1 is 0.929 bits per heavy atom. The topological polar surface area (TPSA) is 38.7 Å². The Bertz CT molecular complexity index is 1070. The summed E-state index contributed by atoms with van der Waals surface area (Å²) < 4.78 is 12.0. The molecular weight excluding hydrogens is 348 g/mol. The largest absolute Gasteiger partial charge is 0.491 e. The van der Waals surface area contributed by atoms with E-state index in [0.29, 0.717) is 6.61 Å². The highest BCUT2D eigenvalue weighted by molar-refractivity contribution is 6.07. The van der Waals surface area contributed by atoms with Gasteiger partial charge in [0.1, 0.15) is 38.1 Å². The number of hydrogen-bond acceptors (Lipinski definition) is 2. The number of aromatic nitrogens is 1. The smallest absolute Gasteiger partial charge is 0.140 e. The number of rotatable bonds is 5. The quantitative estimate of drug-likeness (QED) is 0.564. The molecule has 1 aliphatic rings. The predicted octanol–water partition coefficient (Wildman–Crippen LogP) is 3.18. The fraction of sp³-hybridized carbons (Fsp3) is 0.250. The van der Waals surface area contributed by atoms with E-state index in [9.17, 15) is 0 Å². The zero-order chi connectivity index (χ0) is 18.8. The van der Waals surface area contributed by atoms with Gasteiger partial charge in [0.05, 0.1) is 12.1 Å². The van der Waals surface area contributed by atoms with Crippen molar-refractivity contribution in [3.63, 3.8) is 0 Å². The molecule has 4 aromatic rings. The van der Waals surface area contributed by atoms with E-state index in [-0.39, 0.29) is 6.10 Å². The molecule has 0 aliphatic carbocycles. The first kappa shape index (κ1) is 17.3. The maximum Gasteiger partial charge on any atom is 0.140 e. The van der Waals surface area contributed by atoms with Gasteiger partial charge in [-0.05, 0) is 18.2 Å². The Kier molecular flexibility index (Phi) is 4.73. The lowest BCUT2D eigenvalue weighted by Crippen LogP contribution is -3.13. The lowest BCUT2D eigenvalue weighted by atomic mass is 10.1. The van der Waals surface area contributed by atoms with Crippen LogP contribution in [0.2, 0.25) is 0 Å². The predicted molar refractivity (Wildman–Crippen MR) is 112 cm³/mol. The number of para-hydroxylation sites is 1. The molecule has 0 bridgehead atoms. The van der Waals surface area contributed by atoms with Gasteiger partial charge < -0.3 is 19.4 Å². The van der Waals surface area contributed by atoms with E-state index in [0.717, 1.165) is 43.0 Å². The molecule has 5 rings (SSSR count). The van der Waals surface area contributed by atoms with Crippen LogP contribution in [-0.4, -0.2) is 37.4 Å². The van der Waals surface area contributed by atoms with E-state index in [1.807, 2.05) is 0 Å². The summed E-state index contributed by atoms with van der Waals surface area (Å²) in [5, 5.41) is 2.48. The summed E-state index contributed by atoms with van der Waals surface area (Å²) in [5.74, 6) is 0.887. The molecule has 4 nitrogen and oxygen atoms in total. The van der Waals surface area contributed by atoms with E-state index in [1.165, 1.54) is 16.3 Å². The van der Waals surface area contributed by atoms with Crippen molar-refractivity contribution in [1.29, 1.82) is 0 Å². The Hall–Kier alpha value is -2.82. The summed E-state index contributed by atoms with van der Waals surface area (Å²) in [6.07, 6.45) is 0.130. The number of nitrogens with one attached hydrogen (secondary N) is 2. The van der Waals surface area contributed by atoms with Gasteiger partial charge in [-0.1, -0.05) is 48.5 Å². The van der Waals surface area contributed by atoms with Crippen molar-refractivity contribution in [3.05, 3.63) is 78.4 Å². The number of H-pyrrole nitrogens is 1. The van der Waals surface area contributed by atoms with Crippen LogP contribution in [0.25, 0.3) is 21.8 Å². The number of fused-ring (bicyclic) bond motifs is 3. The van der Waals surface area contributed by atoms with Crippen LogP contribution in [0.3, 0.4) is 0 Å². The standard InChI is InChI=1S/C24H24N2O2/c1-2-6-18(7-3-1)15-26-12-13-27-20(16-26)17-28-19-10-11-22-21-8-4-5-9-23(21)25-24(22)14-19/h1-11,14,20,25H,12-13,15-17H2/p+1/t20-/m0/s1. The highest BCUT2D eigenvalue weighted by Crippen LogP contribution is 2.28. The van der Waals surface area contributed by atoms with Gasteiger partial charge in [-0.3, -0.25) is 0 Å². The van der Waals surface area contributed by atoms with Crippen LogP contribution in [-0.2, 0) is 11.3 Å². The zero-order valence-corrected chi connectivity index (χ0v) is 15.9. The van der Waals surface area contributed by atoms with E-state index < -0.39 is 0 Å². The highest BCUT2D eigenvalue weighted by atomic mass is 16.5. The van der Waals surface area contributed by atoms with Gasteiger partial charge in [0.25, 0.3) is 0 Å². The third-order valence-corrected chi connectivity index (χ3v) is 5.54. The van der Waals surface area contributed by atoms with E-state index in [4.69, 9.17) is 9.47 Å². The highest BCUT2D eigenvalue weighted by Gasteiger charge is 2.24. The molecule has 1 fully saturated rings. The first-order valence-electron chi connectivity index (χ1n) is 9.97. The number of morpholine rings is 1. The summed E-state index contributed by atoms with van der Waals surface area (Å²) in [6, 6.07) is 25.3. The summed E-state index contributed by atoms with van der Waals surface area (Å²) >= 11 is 0. The summed E-state index contributed by atoms with van der Waals surface area (Å²) in [7, 11) is 0. The molecule has 1 saturated heterocycles. The Labute approximate surface area is 164 Å². The normalized spacial score (nSPS) is 19.9. The number of ether oxygens (including phenoxy) is 2. The second-order valence-corrected chi connectivity index (χ2v) is 7.55. The first-order chi connectivity index (χ1) is 13.8. The lowest BCUT2D eigenvalue weighted by molar-refractivity contribution is -0.925. The van der Waals surface area contributed by atoms with Crippen molar-refractivity contribution in [2.75, 3.05) is 26.3 Å². The molecular formula is C24H25N2O2+. The van der Waals surface area contributed by atoms with Gasteiger partial charge in [0, 0.05) is 27.9 Å². The molecule has 3 aromatic carbocycles. The summed E-state index contributed by atoms with van der Waals surface area (Å²) in [5.41, 5.74) is 3.65. The average Bonchev–Trinajstić information content (AvgIpc) is 3.11. The molecule has 0 amide bonds. The summed E-state index contributed by atoms with van der Waals surface area (Å²) in [4.78, 5) is 5.03. The molecule has 0 spiro atoms. The fourth-order valence-electron chi connectivity index (χ4n) is 4.12. The van der Waals surface area contributed by atoms with Crippen molar-refractivity contribution >= 4 is 21.8 Å². The Morgan fingerprint density at radius 2 is 1.75 bits per heavy atom. The second-order valence-electron chi connectivity index (χ2n) is 7.55. The van der Waals surface area contributed by atoms with Crippen molar-refractivity contribution < 1.29 is 14.4 Å². The minimum Gasteiger partial charge on any atom is -0.491 e. The Morgan fingerprint density at radius 3 is 2.68 bits per heavy atom. The zero-order valence-electron chi connectivity index (χ0n) is 15.9. The first-order valence-corrected chi connectivity index (χ1v) is 9.97. The minimum atomic E-state index is 0.130. The van der Waals surface area contributed by atoms with Crippen LogP contribution >= 0.6 is 0 Å². The van der Waals surface area contributed by atoms with Crippen LogP contribution in [0.5, 0.6) is 5.75 Å². The van der Waals surface area contributed by atoms with Gasteiger partial charge in [-0.25, -0.2) is 0 Å². The number of hydrogen-bond donors (Lipinski definition) is 2. The van der Waals surface area contributed by atoms with E-state index >= 15 is 0 Å². The molecule has 1 aliphatic heterocycles. The van der Waals surface area contributed by atoms with Crippen LogP contribution in [0.1, 0.15) is 5.56 Å². The second kappa shape index (κ2) is 7.66. The maximum atomic E-state index is 6.09. The minimum absolute atomic E-state index is 0.130. The Balaban J connectivity index is 1.23. The molecule has 1 aromatic heterocycles. The molecule has 2 atom stereocenters. The average molecular weight is 373 g/mol. The lowest BCUT2D eigenvalue weighted by Gasteiger charge is -2.30. The van der Waals surface area contributed by atoms with Crippen molar-refractivity contribution in [3.8, 4) is 5.75 Å². The molecule has 2 N–H and O–H groups in total. The molecule has 142 valence electrons. The fourth-order valence-corrected chi connectivity index (χ4v) is 4.12. The van der Waals surface area contributed by atoms with Gasteiger partial charge in [0.15, 0.2) is 0 Å². The van der Waals surface area contributed by atoms with Gasteiger partial charge in [-0.15, -0.1) is 0 Å². The number of benzene rings is 3. The van der Waals surface area contributed by atoms with E-state index in [1.54, 1.807) is 4.90 Å². The van der Waals surface area contributed by atoms with Crippen molar-refractivity contribution in [2.24, 2.45) is 0 Å². The van der Waals surface area contributed by atoms with Gasteiger partial charge >= 0.3 is 0 Å². The SMILES string of the molecule is c1ccc(C[NH+]2CCO[C@H](COc3ccc4c(c3)[nH]c3ccccc34)C2)cc1. The molecule has 2 heterocycles. The van der Waals surface area contributed by atoms with Crippen LogP contribution in [0.15, 0.2) is 72.8 Å². The monoisotopic (exact) mass is 373 g/mol. The van der Waals surface area contributed by atoms with Crippen molar-refractivity contribution in [1.82, 2.24) is 4.98 Å². The molecule has 0 saturated carbocycles. The maximum absolute atomic E-state index is 6.09. The van der Waals surface area contributed by atoms with Crippen molar-refractivity contribution in [2.45, 2.75) is 12.6 Å².